The summed E-state index contributed by atoms with van der Waals surface area (Å²) in [5, 5.41) is 6.99. The maximum atomic E-state index is 12.1. The van der Waals surface area contributed by atoms with Gasteiger partial charge in [0.2, 0.25) is 11.9 Å². The van der Waals surface area contributed by atoms with Crippen LogP contribution in [0.15, 0.2) is 84.0 Å². The summed E-state index contributed by atoms with van der Waals surface area (Å²) in [6.07, 6.45) is 7.88. The predicted octanol–water partition coefficient (Wildman–Crippen LogP) is 4.65. The van der Waals surface area contributed by atoms with Gasteiger partial charge in [0, 0.05) is 34.6 Å². The van der Waals surface area contributed by atoms with E-state index in [9.17, 15) is 9.00 Å². The normalized spacial score (nSPS) is 11.2. The number of para-hydroxylation sites is 1. The SMILES string of the molecule is C=CC(=O)Nc1cc(N=S(C)(C)=O)ccc1Nc1nccc(-n2ccc3ccccc32)n1. The second-order valence-electron chi connectivity index (χ2n) is 7.30. The van der Waals surface area contributed by atoms with Crippen LogP contribution in [0, 0.1) is 0 Å². The Kier molecular flexibility index (Phi) is 5.74. The minimum absolute atomic E-state index is 0.355. The first kappa shape index (κ1) is 21.3. The molecule has 162 valence electrons. The van der Waals surface area contributed by atoms with E-state index in [4.69, 9.17) is 0 Å². The number of hydrogen-bond donors (Lipinski definition) is 2. The molecule has 4 aromatic rings. The van der Waals surface area contributed by atoms with Crippen molar-refractivity contribution in [1.29, 1.82) is 0 Å². The minimum atomic E-state index is -2.35. The van der Waals surface area contributed by atoms with Gasteiger partial charge in [-0.15, -0.1) is 0 Å². The standard InChI is InChI=1S/C23H22N6O2S/c1-4-22(30)25-19-15-17(28-32(2,3)31)9-10-18(19)26-23-24-13-11-21(27-23)29-14-12-16-7-5-6-8-20(16)29/h4-15H,1H2,2-3H3,(H,25,30)(H,24,26,27). The number of benzene rings is 2. The van der Waals surface area contributed by atoms with Gasteiger partial charge in [0.15, 0.2) is 0 Å². The molecule has 0 aliphatic carbocycles. The van der Waals surface area contributed by atoms with Gasteiger partial charge in [0.1, 0.15) is 5.82 Å². The van der Waals surface area contributed by atoms with Gasteiger partial charge < -0.3 is 15.2 Å². The topological polar surface area (TPSA) is 101 Å². The van der Waals surface area contributed by atoms with Crippen LogP contribution in [0.3, 0.4) is 0 Å². The highest BCUT2D eigenvalue weighted by Gasteiger charge is 2.10. The third-order valence-electron chi connectivity index (χ3n) is 4.51. The third-order valence-corrected chi connectivity index (χ3v) is 5.16. The molecule has 0 aliphatic rings. The lowest BCUT2D eigenvalue weighted by atomic mass is 10.2. The van der Waals surface area contributed by atoms with Crippen molar-refractivity contribution in [2.75, 3.05) is 23.1 Å². The van der Waals surface area contributed by atoms with Crippen molar-refractivity contribution in [2.24, 2.45) is 4.36 Å². The Morgan fingerprint density at radius 1 is 1.12 bits per heavy atom. The van der Waals surface area contributed by atoms with Crippen molar-refractivity contribution in [3.63, 3.8) is 0 Å². The molecule has 0 atom stereocenters. The van der Waals surface area contributed by atoms with Gasteiger partial charge in [0.25, 0.3) is 0 Å². The summed E-state index contributed by atoms with van der Waals surface area (Å²) < 4.78 is 18.2. The molecule has 2 aromatic heterocycles. The van der Waals surface area contributed by atoms with E-state index in [2.05, 4.69) is 31.5 Å². The molecule has 2 heterocycles. The average Bonchev–Trinajstić information content (AvgIpc) is 3.19. The number of rotatable bonds is 6. The summed E-state index contributed by atoms with van der Waals surface area (Å²) in [7, 11) is -2.35. The van der Waals surface area contributed by atoms with Crippen LogP contribution in [0.2, 0.25) is 0 Å². The van der Waals surface area contributed by atoms with Crippen LogP contribution in [0.25, 0.3) is 16.7 Å². The first-order chi connectivity index (χ1) is 15.3. The number of carbonyl (C=O) groups excluding carboxylic acids is 1. The molecule has 0 saturated heterocycles. The van der Waals surface area contributed by atoms with E-state index >= 15 is 0 Å². The molecule has 9 heteroatoms. The number of anilines is 3. The molecule has 8 nitrogen and oxygen atoms in total. The summed E-state index contributed by atoms with van der Waals surface area (Å²) in [5.74, 6) is 0.671. The largest absolute Gasteiger partial charge is 0.322 e. The molecule has 4 rings (SSSR count). The highest BCUT2D eigenvalue weighted by molar-refractivity contribution is 7.92. The van der Waals surface area contributed by atoms with Crippen molar-refractivity contribution in [3.05, 3.63) is 79.6 Å². The van der Waals surface area contributed by atoms with Gasteiger partial charge in [-0.25, -0.2) is 9.19 Å². The summed E-state index contributed by atoms with van der Waals surface area (Å²) in [5.41, 5.74) is 2.52. The Labute approximate surface area is 186 Å². The number of carbonyl (C=O) groups is 1. The second kappa shape index (κ2) is 8.64. The number of nitrogens with one attached hydrogen (secondary N) is 2. The van der Waals surface area contributed by atoms with E-state index in [0.29, 0.717) is 28.8 Å². The molecular formula is C23H22N6O2S. The Morgan fingerprint density at radius 2 is 1.94 bits per heavy atom. The van der Waals surface area contributed by atoms with E-state index in [-0.39, 0.29) is 5.91 Å². The van der Waals surface area contributed by atoms with E-state index < -0.39 is 9.73 Å². The van der Waals surface area contributed by atoms with Crippen LogP contribution in [-0.2, 0) is 14.5 Å². The number of aromatic nitrogens is 3. The van der Waals surface area contributed by atoms with E-state index in [1.807, 2.05) is 47.2 Å². The summed E-state index contributed by atoms with van der Waals surface area (Å²) in [6, 6.07) is 16.9. The molecule has 32 heavy (non-hydrogen) atoms. The van der Waals surface area contributed by atoms with E-state index in [1.54, 1.807) is 36.9 Å². The maximum absolute atomic E-state index is 12.1. The molecule has 0 spiro atoms. The Hall–Kier alpha value is -3.98. The number of nitrogens with zero attached hydrogens (tertiary/aromatic N) is 4. The lowest BCUT2D eigenvalue weighted by Crippen LogP contribution is -2.10. The fraction of sp³-hybridized carbons (Fsp3) is 0.0870. The highest BCUT2D eigenvalue weighted by atomic mass is 32.2. The minimum Gasteiger partial charge on any atom is -0.322 e. The molecule has 0 saturated carbocycles. The third kappa shape index (κ3) is 4.84. The molecule has 0 fully saturated rings. The van der Waals surface area contributed by atoms with Crippen molar-refractivity contribution in [1.82, 2.24) is 14.5 Å². The monoisotopic (exact) mass is 446 g/mol. The molecule has 1 amide bonds. The Morgan fingerprint density at radius 3 is 2.72 bits per heavy atom. The second-order valence-corrected chi connectivity index (χ2v) is 9.85. The van der Waals surface area contributed by atoms with Crippen LogP contribution in [0.4, 0.5) is 23.0 Å². The quantitative estimate of drug-likeness (QED) is 0.420. The molecule has 0 bridgehead atoms. The molecular weight excluding hydrogens is 424 g/mol. The first-order valence-corrected chi connectivity index (χ1v) is 12.1. The predicted molar refractivity (Wildman–Crippen MR) is 129 cm³/mol. The van der Waals surface area contributed by atoms with E-state index in [1.165, 1.54) is 6.08 Å². The van der Waals surface area contributed by atoms with Gasteiger partial charge >= 0.3 is 0 Å². The van der Waals surface area contributed by atoms with Crippen molar-refractivity contribution >= 4 is 49.5 Å². The molecule has 0 radical (unpaired) electrons. The van der Waals surface area contributed by atoms with E-state index in [0.717, 1.165) is 10.9 Å². The van der Waals surface area contributed by atoms with Gasteiger partial charge in [0.05, 0.1) is 22.6 Å². The lowest BCUT2D eigenvalue weighted by molar-refractivity contribution is -0.111. The van der Waals surface area contributed by atoms with Crippen LogP contribution in [0.1, 0.15) is 0 Å². The summed E-state index contributed by atoms with van der Waals surface area (Å²) in [4.78, 5) is 20.9. The van der Waals surface area contributed by atoms with Crippen LogP contribution >= 0.6 is 0 Å². The molecule has 0 unspecified atom stereocenters. The zero-order valence-corrected chi connectivity index (χ0v) is 18.5. The van der Waals surface area contributed by atoms with Crippen molar-refractivity contribution in [3.8, 4) is 5.82 Å². The van der Waals surface area contributed by atoms with Crippen LogP contribution < -0.4 is 10.6 Å². The first-order valence-electron chi connectivity index (χ1n) is 9.73. The Balaban J connectivity index is 1.70. The number of fused-ring (bicyclic) bond motifs is 1. The Bertz CT molecular complexity index is 1440. The average molecular weight is 447 g/mol. The van der Waals surface area contributed by atoms with Crippen LogP contribution in [-0.4, -0.2) is 37.2 Å². The molecule has 2 aromatic carbocycles. The highest BCUT2D eigenvalue weighted by Crippen LogP contribution is 2.30. The number of amides is 1. The maximum Gasteiger partial charge on any atom is 0.247 e. The van der Waals surface area contributed by atoms with Gasteiger partial charge in [-0.05, 0) is 47.9 Å². The zero-order chi connectivity index (χ0) is 22.7. The molecule has 0 aliphatic heterocycles. The summed E-state index contributed by atoms with van der Waals surface area (Å²) >= 11 is 0. The van der Waals surface area contributed by atoms with Gasteiger partial charge in [-0.2, -0.15) is 9.35 Å². The fourth-order valence-corrected chi connectivity index (χ4v) is 3.81. The zero-order valence-electron chi connectivity index (χ0n) is 17.6. The van der Waals surface area contributed by atoms with Crippen molar-refractivity contribution < 1.29 is 9.00 Å². The lowest BCUT2D eigenvalue weighted by Gasteiger charge is -2.13. The smallest absolute Gasteiger partial charge is 0.247 e. The van der Waals surface area contributed by atoms with Crippen LogP contribution in [0.5, 0.6) is 0 Å². The van der Waals surface area contributed by atoms with Crippen molar-refractivity contribution in [2.45, 2.75) is 0 Å². The van der Waals surface area contributed by atoms with Gasteiger partial charge in [-0.3, -0.25) is 4.79 Å². The summed E-state index contributed by atoms with van der Waals surface area (Å²) in [6.45, 7) is 3.49. The van der Waals surface area contributed by atoms with Gasteiger partial charge in [-0.1, -0.05) is 24.8 Å². The molecule has 2 N–H and O–H groups in total. The fourth-order valence-electron chi connectivity index (χ4n) is 3.19. The number of hydrogen-bond acceptors (Lipinski definition) is 6.